The van der Waals surface area contributed by atoms with Crippen molar-refractivity contribution in [2.45, 2.75) is 0 Å². The Bertz CT molecular complexity index is 987. The largest absolute Gasteiger partial charge is 0.545 e. The average molecular weight is 385 g/mol. The zero-order chi connectivity index (χ0) is 18.8. The number of carbonyl (C=O) groups excluding carboxylic acids is 2. The van der Waals surface area contributed by atoms with Crippen LogP contribution in [0.5, 0.6) is 0 Å². The number of non-ortho nitro benzene ring substituents is 1. The molecule has 0 saturated carbocycles. The average Bonchev–Trinajstić information content (AvgIpc) is 2.88. The number of anilines is 1. The van der Waals surface area contributed by atoms with Gasteiger partial charge in [-0.1, -0.05) is 48.2 Å². The summed E-state index contributed by atoms with van der Waals surface area (Å²) < 4.78 is 0.234. The summed E-state index contributed by atoms with van der Waals surface area (Å²) in [5, 5.41) is 21.9. The van der Waals surface area contributed by atoms with Gasteiger partial charge >= 0.3 is 0 Å². The molecule has 26 heavy (non-hydrogen) atoms. The number of nitro groups is 1. The number of thiocarbonyl (C=S) groups is 1. The third-order valence-electron chi connectivity index (χ3n) is 3.51. The Morgan fingerprint density at radius 1 is 1.19 bits per heavy atom. The van der Waals surface area contributed by atoms with Crippen LogP contribution in [0.25, 0.3) is 6.08 Å². The van der Waals surface area contributed by atoms with Crippen LogP contribution < -0.4 is 10.0 Å². The molecule has 0 radical (unpaired) electrons. The van der Waals surface area contributed by atoms with Gasteiger partial charge in [0.15, 0.2) is 4.32 Å². The summed E-state index contributed by atoms with van der Waals surface area (Å²) in [6.45, 7) is 0. The number of carbonyl (C=O) groups is 2. The van der Waals surface area contributed by atoms with Gasteiger partial charge in [-0.15, -0.1) is 0 Å². The number of amides is 1. The second-order valence-corrected chi connectivity index (χ2v) is 6.88. The van der Waals surface area contributed by atoms with Gasteiger partial charge in [0, 0.05) is 12.1 Å². The van der Waals surface area contributed by atoms with Crippen molar-refractivity contribution in [3.63, 3.8) is 0 Å². The molecule has 2 aromatic rings. The standard InChI is InChI=1S/C17H10N2O5S2/c20-15-14(8-10-3-1-4-11(7-10)16(21)22)26-17(25)18(15)12-5-2-6-13(9-12)19(23)24/h1-9H,(H,21,22)/p-1/b14-8+. The summed E-state index contributed by atoms with van der Waals surface area (Å²) in [7, 11) is 0. The predicted molar refractivity (Wildman–Crippen MR) is 99.5 cm³/mol. The minimum Gasteiger partial charge on any atom is -0.545 e. The summed E-state index contributed by atoms with van der Waals surface area (Å²) in [6, 6.07) is 11.6. The third kappa shape index (κ3) is 3.48. The molecule has 0 aromatic heterocycles. The predicted octanol–water partition coefficient (Wildman–Crippen LogP) is 2.36. The summed E-state index contributed by atoms with van der Waals surface area (Å²) >= 11 is 6.26. The molecule has 2 aromatic carbocycles. The highest BCUT2D eigenvalue weighted by atomic mass is 32.2. The summed E-state index contributed by atoms with van der Waals surface area (Å²) in [5.41, 5.74) is 0.648. The first-order valence-electron chi connectivity index (χ1n) is 7.20. The molecule has 0 unspecified atom stereocenters. The van der Waals surface area contributed by atoms with E-state index >= 15 is 0 Å². The summed E-state index contributed by atoms with van der Waals surface area (Å²) in [5.74, 6) is -1.75. The maximum absolute atomic E-state index is 12.7. The molecule has 0 bridgehead atoms. The summed E-state index contributed by atoms with van der Waals surface area (Å²) in [4.78, 5) is 35.5. The molecule has 1 aliphatic heterocycles. The Morgan fingerprint density at radius 3 is 2.62 bits per heavy atom. The Balaban J connectivity index is 1.94. The van der Waals surface area contributed by atoms with Crippen molar-refractivity contribution in [1.29, 1.82) is 0 Å². The first kappa shape index (κ1) is 17.8. The van der Waals surface area contributed by atoms with Gasteiger partial charge in [-0.25, -0.2) is 0 Å². The van der Waals surface area contributed by atoms with Gasteiger partial charge in [0.25, 0.3) is 11.6 Å². The fourth-order valence-electron chi connectivity index (χ4n) is 2.34. The minimum absolute atomic E-state index is 0.00656. The number of aromatic carboxylic acids is 1. The first-order valence-corrected chi connectivity index (χ1v) is 8.43. The van der Waals surface area contributed by atoms with Crippen LogP contribution in [0.2, 0.25) is 0 Å². The number of carboxylic acids is 1. The van der Waals surface area contributed by atoms with Crippen LogP contribution in [0.3, 0.4) is 0 Å². The van der Waals surface area contributed by atoms with Crippen molar-refractivity contribution in [2.75, 3.05) is 4.90 Å². The van der Waals surface area contributed by atoms with Crippen LogP contribution in [0, 0.1) is 10.1 Å². The van der Waals surface area contributed by atoms with E-state index in [0.717, 1.165) is 11.8 Å². The number of carboxylic acid groups (broad SMARTS) is 1. The smallest absolute Gasteiger partial charge is 0.271 e. The molecule has 130 valence electrons. The maximum Gasteiger partial charge on any atom is 0.271 e. The Morgan fingerprint density at radius 2 is 1.92 bits per heavy atom. The zero-order valence-electron chi connectivity index (χ0n) is 12.9. The molecule has 0 atom stereocenters. The Labute approximate surface area is 157 Å². The second-order valence-electron chi connectivity index (χ2n) is 5.21. The normalized spacial score (nSPS) is 15.5. The molecule has 3 rings (SSSR count). The van der Waals surface area contributed by atoms with E-state index in [0.29, 0.717) is 11.3 Å². The molecule has 1 saturated heterocycles. The molecular weight excluding hydrogens is 376 g/mol. The highest BCUT2D eigenvalue weighted by Crippen LogP contribution is 2.37. The topological polar surface area (TPSA) is 104 Å². The van der Waals surface area contributed by atoms with Crippen LogP contribution in [0.1, 0.15) is 15.9 Å². The van der Waals surface area contributed by atoms with E-state index in [1.54, 1.807) is 12.1 Å². The molecule has 1 fully saturated rings. The molecule has 0 N–H and O–H groups in total. The SMILES string of the molecule is O=C([O-])c1cccc(/C=C2/SC(=S)N(c3cccc([N+](=O)[O-])c3)C2=O)c1. The van der Waals surface area contributed by atoms with Crippen LogP contribution >= 0.6 is 24.0 Å². The van der Waals surface area contributed by atoms with Gasteiger partial charge in [0.1, 0.15) is 0 Å². The lowest BCUT2D eigenvalue weighted by Gasteiger charge is -2.13. The van der Waals surface area contributed by atoms with E-state index in [1.165, 1.54) is 47.4 Å². The number of nitrogens with zero attached hydrogens (tertiary/aromatic N) is 2. The third-order valence-corrected chi connectivity index (χ3v) is 4.81. The lowest BCUT2D eigenvalue weighted by molar-refractivity contribution is -0.384. The van der Waals surface area contributed by atoms with Crippen LogP contribution in [-0.2, 0) is 4.79 Å². The number of hydrogen-bond donors (Lipinski definition) is 0. The van der Waals surface area contributed by atoms with Crippen molar-refractivity contribution in [1.82, 2.24) is 0 Å². The molecule has 9 heteroatoms. The van der Waals surface area contributed by atoms with Gasteiger partial charge in [0.05, 0.1) is 21.5 Å². The number of hydrogen-bond acceptors (Lipinski definition) is 7. The monoisotopic (exact) mass is 385 g/mol. The van der Waals surface area contributed by atoms with Crippen molar-refractivity contribution in [3.8, 4) is 0 Å². The van der Waals surface area contributed by atoms with Crippen molar-refractivity contribution < 1.29 is 19.6 Å². The van der Waals surface area contributed by atoms with Gasteiger partial charge in [-0.2, -0.15) is 0 Å². The van der Waals surface area contributed by atoms with E-state index in [-0.39, 0.29) is 20.5 Å². The number of thioether (sulfide) groups is 1. The van der Waals surface area contributed by atoms with E-state index in [4.69, 9.17) is 12.2 Å². The lowest BCUT2D eigenvalue weighted by Crippen LogP contribution is -2.27. The fourth-order valence-corrected chi connectivity index (χ4v) is 3.64. The Kier molecular flexibility index (Phi) is 4.83. The van der Waals surface area contributed by atoms with Crippen molar-refractivity contribution in [3.05, 3.63) is 74.7 Å². The van der Waals surface area contributed by atoms with Crippen LogP contribution in [0.4, 0.5) is 11.4 Å². The van der Waals surface area contributed by atoms with Gasteiger partial charge in [0.2, 0.25) is 0 Å². The molecule has 1 amide bonds. The maximum atomic E-state index is 12.7. The molecule has 1 aliphatic rings. The number of rotatable bonds is 4. The first-order chi connectivity index (χ1) is 12.4. The fraction of sp³-hybridized carbons (Fsp3) is 0. The zero-order valence-corrected chi connectivity index (χ0v) is 14.6. The highest BCUT2D eigenvalue weighted by Gasteiger charge is 2.33. The van der Waals surface area contributed by atoms with E-state index in [1.807, 2.05) is 0 Å². The Hall–Kier alpha value is -3.04. The van der Waals surface area contributed by atoms with Crippen molar-refractivity contribution in [2.24, 2.45) is 0 Å². The van der Waals surface area contributed by atoms with Gasteiger partial charge in [-0.3, -0.25) is 19.8 Å². The van der Waals surface area contributed by atoms with Crippen molar-refractivity contribution >= 4 is 57.6 Å². The molecule has 1 heterocycles. The summed E-state index contributed by atoms with van der Waals surface area (Å²) in [6.07, 6.45) is 1.52. The van der Waals surface area contributed by atoms with Gasteiger partial charge in [-0.05, 0) is 29.3 Å². The second kappa shape index (κ2) is 7.06. The van der Waals surface area contributed by atoms with Crippen LogP contribution in [-0.4, -0.2) is 21.1 Å². The quantitative estimate of drug-likeness (QED) is 0.344. The van der Waals surface area contributed by atoms with E-state index in [9.17, 15) is 24.8 Å². The molecule has 0 spiro atoms. The minimum atomic E-state index is -1.32. The molecule has 7 nitrogen and oxygen atoms in total. The molecule has 0 aliphatic carbocycles. The van der Waals surface area contributed by atoms with Crippen LogP contribution in [0.15, 0.2) is 53.4 Å². The highest BCUT2D eigenvalue weighted by molar-refractivity contribution is 8.27. The number of benzene rings is 2. The molecular formula is C17H9N2O5S2-. The van der Waals surface area contributed by atoms with Gasteiger partial charge < -0.3 is 9.90 Å². The number of nitro benzene ring substituents is 1. The van der Waals surface area contributed by atoms with E-state index < -0.39 is 16.8 Å². The van der Waals surface area contributed by atoms with E-state index in [2.05, 4.69) is 0 Å². The lowest BCUT2D eigenvalue weighted by atomic mass is 10.1.